The molecule has 0 fully saturated rings. The summed E-state index contributed by atoms with van der Waals surface area (Å²) >= 11 is 0. The largest absolute Gasteiger partial charge is 0.508 e. The van der Waals surface area contributed by atoms with Gasteiger partial charge < -0.3 is 24.0 Å². The second-order valence-corrected chi connectivity index (χ2v) is 6.32. The first kappa shape index (κ1) is 19.0. The third-order valence-corrected chi connectivity index (χ3v) is 4.31. The number of rotatable bonds is 5. The van der Waals surface area contributed by atoms with E-state index in [1.54, 1.807) is 30.3 Å². The van der Waals surface area contributed by atoms with Crippen LogP contribution in [0.2, 0.25) is 0 Å². The van der Waals surface area contributed by atoms with Crippen LogP contribution in [0.15, 0.2) is 80.6 Å². The first-order valence-electron chi connectivity index (χ1n) is 8.88. The van der Waals surface area contributed by atoms with E-state index in [0.29, 0.717) is 10.9 Å². The zero-order chi connectivity index (χ0) is 21.1. The maximum absolute atomic E-state index is 12.6. The summed E-state index contributed by atoms with van der Waals surface area (Å²) in [7, 11) is 0. The van der Waals surface area contributed by atoms with Crippen LogP contribution in [0.25, 0.3) is 11.0 Å². The number of phenolic OH excluding ortho intramolecular Hbond substituents is 1. The van der Waals surface area contributed by atoms with Crippen LogP contribution in [-0.4, -0.2) is 17.0 Å². The second-order valence-electron chi connectivity index (χ2n) is 6.32. The fraction of sp³-hybridized carbons (Fsp3) is 0.0455. The third-order valence-electron chi connectivity index (χ3n) is 4.31. The number of aromatic hydroxyl groups is 1. The Bertz CT molecular complexity index is 1290. The topological polar surface area (TPSA) is 119 Å². The summed E-state index contributed by atoms with van der Waals surface area (Å²) in [5, 5.41) is 12.7. The van der Waals surface area contributed by atoms with E-state index < -0.39 is 17.5 Å². The van der Waals surface area contributed by atoms with E-state index in [1.807, 2.05) is 0 Å². The van der Waals surface area contributed by atoms with Crippen LogP contribution >= 0.6 is 0 Å². The van der Waals surface area contributed by atoms with Gasteiger partial charge >= 0.3 is 11.6 Å². The molecular formula is C22H15NO7. The van der Waals surface area contributed by atoms with Crippen molar-refractivity contribution in [1.82, 2.24) is 0 Å². The second kappa shape index (κ2) is 7.96. The normalized spacial score (nSPS) is 10.7. The molecule has 0 atom stereocenters. The highest BCUT2D eigenvalue weighted by Gasteiger charge is 2.17. The minimum absolute atomic E-state index is 0.0546. The lowest BCUT2D eigenvalue weighted by atomic mass is 10.1. The van der Waals surface area contributed by atoms with Crippen molar-refractivity contribution in [3.8, 4) is 5.75 Å². The number of hydrogen-bond acceptors (Lipinski definition) is 7. The number of benzene rings is 2. The summed E-state index contributed by atoms with van der Waals surface area (Å²) in [5.74, 6) is -1.15. The van der Waals surface area contributed by atoms with E-state index in [9.17, 15) is 19.5 Å². The molecule has 8 nitrogen and oxygen atoms in total. The molecular weight excluding hydrogens is 390 g/mol. The Hall–Kier alpha value is -4.33. The maximum atomic E-state index is 12.6. The maximum Gasteiger partial charge on any atom is 0.340 e. The molecule has 30 heavy (non-hydrogen) atoms. The standard InChI is InChI=1S/C22H15NO7/c24-14-7-8-15-13(10-20(25)30-19(15)11-14)12-29-22(27)16-4-1-2-5-17(16)23-21(26)18-6-3-9-28-18/h1-11,24H,12H2,(H,23,26). The molecule has 8 heteroatoms. The fourth-order valence-corrected chi connectivity index (χ4v) is 2.92. The number of para-hydroxylation sites is 1. The summed E-state index contributed by atoms with van der Waals surface area (Å²) in [6, 6.07) is 15.0. The number of anilines is 1. The Morgan fingerprint density at radius 1 is 1.03 bits per heavy atom. The van der Waals surface area contributed by atoms with Crippen molar-refractivity contribution in [3.05, 3.63) is 94.2 Å². The van der Waals surface area contributed by atoms with E-state index in [-0.39, 0.29) is 35.0 Å². The monoisotopic (exact) mass is 405 g/mol. The Morgan fingerprint density at radius 3 is 2.67 bits per heavy atom. The van der Waals surface area contributed by atoms with E-state index in [0.717, 1.165) is 0 Å². The number of esters is 1. The highest BCUT2D eigenvalue weighted by atomic mass is 16.5. The van der Waals surface area contributed by atoms with Crippen LogP contribution in [0, 0.1) is 0 Å². The van der Waals surface area contributed by atoms with Gasteiger partial charge in [0.15, 0.2) is 5.76 Å². The lowest BCUT2D eigenvalue weighted by molar-refractivity contribution is 0.0475. The Kier molecular flexibility index (Phi) is 5.04. The van der Waals surface area contributed by atoms with Crippen molar-refractivity contribution < 1.29 is 28.3 Å². The first-order chi connectivity index (χ1) is 14.5. The van der Waals surface area contributed by atoms with Crippen molar-refractivity contribution in [2.45, 2.75) is 6.61 Å². The summed E-state index contributed by atoms with van der Waals surface area (Å²) in [5.41, 5.74) is 0.366. The minimum atomic E-state index is -0.689. The van der Waals surface area contributed by atoms with Crippen molar-refractivity contribution in [1.29, 1.82) is 0 Å². The molecule has 0 radical (unpaired) electrons. The summed E-state index contributed by atoms with van der Waals surface area (Å²) in [4.78, 5) is 36.6. The fourth-order valence-electron chi connectivity index (χ4n) is 2.92. The van der Waals surface area contributed by atoms with Gasteiger partial charge in [-0.1, -0.05) is 12.1 Å². The van der Waals surface area contributed by atoms with Gasteiger partial charge in [0.2, 0.25) is 0 Å². The van der Waals surface area contributed by atoms with Gasteiger partial charge in [-0.3, -0.25) is 4.79 Å². The molecule has 4 aromatic rings. The Labute approximate surface area is 169 Å². The minimum Gasteiger partial charge on any atom is -0.508 e. The van der Waals surface area contributed by atoms with Gasteiger partial charge in [-0.25, -0.2) is 9.59 Å². The van der Waals surface area contributed by atoms with Crippen LogP contribution < -0.4 is 10.9 Å². The number of amides is 1. The number of ether oxygens (including phenoxy) is 1. The molecule has 2 N–H and O–H groups in total. The van der Waals surface area contributed by atoms with Crippen molar-refractivity contribution in [3.63, 3.8) is 0 Å². The SMILES string of the molecule is O=C(Nc1ccccc1C(=O)OCc1cc(=O)oc2cc(O)ccc12)c1ccco1. The van der Waals surface area contributed by atoms with Crippen LogP contribution in [-0.2, 0) is 11.3 Å². The quantitative estimate of drug-likeness (QED) is 0.384. The molecule has 2 heterocycles. The highest BCUT2D eigenvalue weighted by molar-refractivity contribution is 6.06. The lowest BCUT2D eigenvalue weighted by Gasteiger charge is -2.11. The summed E-state index contributed by atoms with van der Waals surface area (Å²) < 4.78 is 15.5. The average molecular weight is 405 g/mol. The zero-order valence-corrected chi connectivity index (χ0v) is 15.5. The predicted octanol–water partition coefficient (Wildman–Crippen LogP) is 3.70. The lowest BCUT2D eigenvalue weighted by Crippen LogP contribution is -2.15. The number of fused-ring (bicyclic) bond motifs is 1. The third kappa shape index (κ3) is 3.93. The van der Waals surface area contributed by atoms with Crippen molar-refractivity contribution in [2.24, 2.45) is 0 Å². The first-order valence-corrected chi connectivity index (χ1v) is 8.88. The molecule has 0 bridgehead atoms. The molecule has 2 aromatic heterocycles. The van der Waals surface area contributed by atoms with Gasteiger partial charge in [-0.05, 0) is 36.4 Å². The van der Waals surface area contributed by atoms with Gasteiger partial charge in [0.05, 0.1) is 17.5 Å². The smallest absolute Gasteiger partial charge is 0.340 e. The number of hydrogen-bond donors (Lipinski definition) is 2. The van der Waals surface area contributed by atoms with E-state index in [2.05, 4.69) is 5.32 Å². The molecule has 0 aliphatic carbocycles. The number of furan rings is 1. The molecule has 2 aromatic carbocycles. The van der Waals surface area contributed by atoms with E-state index >= 15 is 0 Å². The van der Waals surface area contributed by atoms with Gasteiger partial charge in [-0.15, -0.1) is 0 Å². The number of nitrogens with one attached hydrogen (secondary N) is 1. The van der Waals surface area contributed by atoms with Crippen LogP contribution in [0.5, 0.6) is 5.75 Å². The molecule has 0 saturated carbocycles. The molecule has 1 amide bonds. The zero-order valence-electron chi connectivity index (χ0n) is 15.5. The molecule has 4 rings (SSSR count). The van der Waals surface area contributed by atoms with E-state index in [1.165, 1.54) is 36.6 Å². The van der Waals surface area contributed by atoms with Crippen LogP contribution in [0.3, 0.4) is 0 Å². The van der Waals surface area contributed by atoms with Crippen molar-refractivity contribution in [2.75, 3.05) is 5.32 Å². The average Bonchev–Trinajstić information content (AvgIpc) is 3.27. The highest BCUT2D eigenvalue weighted by Crippen LogP contribution is 2.23. The summed E-state index contributed by atoms with van der Waals surface area (Å²) in [6.45, 7) is -0.202. The van der Waals surface area contributed by atoms with Gasteiger partial charge in [0.25, 0.3) is 5.91 Å². The van der Waals surface area contributed by atoms with E-state index in [4.69, 9.17) is 13.6 Å². The molecule has 0 saturated heterocycles. The van der Waals surface area contributed by atoms with Gasteiger partial charge in [-0.2, -0.15) is 0 Å². The molecule has 0 aliphatic rings. The molecule has 0 unspecified atom stereocenters. The van der Waals surface area contributed by atoms with Crippen molar-refractivity contribution >= 4 is 28.5 Å². The molecule has 0 aliphatic heterocycles. The van der Waals surface area contributed by atoms with Crippen LogP contribution in [0.1, 0.15) is 26.5 Å². The summed E-state index contributed by atoms with van der Waals surface area (Å²) in [6.07, 6.45) is 1.37. The Morgan fingerprint density at radius 2 is 1.87 bits per heavy atom. The Balaban J connectivity index is 1.55. The molecule has 150 valence electrons. The molecule has 0 spiro atoms. The number of carbonyl (C=O) groups is 2. The van der Waals surface area contributed by atoms with Crippen LogP contribution in [0.4, 0.5) is 5.69 Å². The predicted molar refractivity (Wildman–Crippen MR) is 106 cm³/mol. The van der Waals surface area contributed by atoms with Gasteiger partial charge in [0, 0.05) is 23.1 Å². The van der Waals surface area contributed by atoms with Gasteiger partial charge in [0.1, 0.15) is 17.9 Å². The number of carbonyl (C=O) groups excluding carboxylic acids is 2. The number of phenols is 1.